The summed E-state index contributed by atoms with van der Waals surface area (Å²) in [5.41, 5.74) is 8.24. The van der Waals surface area contributed by atoms with E-state index in [4.69, 9.17) is 15.9 Å². The zero-order chi connectivity index (χ0) is 15.6. The monoisotopic (exact) mass is 283 g/mol. The summed E-state index contributed by atoms with van der Waals surface area (Å²) in [5, 5.41) is 7.62. The Bertz CT molecular complexity index is 672. The quantitative estimate of drug-likeness (QED) is 0.665. The van der Waals surface area contributed by atoms with Gasteiger partial charge in [0.1, 0.15) is 11.6 Å². The summed E-state index contributed by atoms with van der Waals surface area (Å²) >= 11 is 0. The number of benzene rings is 1. The molecule has 0 atom stereocenters. The molecule has 0 saturated heterocycles. The van der Waals surface area contributed by atoms with E-state index in [1.807, 2.05) is 13.0 Å². The second-order valence-corrected chi connectivity index (χ2v) is 6.12. The Hall–Kier alpha value is -2.36. The zero-order valence-corrected chi connectivity index (χ0v) is 12.9. The number of nitrogen functional groups attached to an aromatic ring is 1. The van der Waals surface area contributed by atoms with Gasteiger partial charge >= 0.3 is 0 Å². The molecule has 0 amide bonds. The molecule has 4 heteroatoms. The third kappa shape index (κ3) is 3.40. The van der Waals surface area contributed by atoms with E-state index in [0.717, 1.165) is 16.9 Å². The molecule has 1 heterocycles. The Morgan fingerprint density at radius 1 is 1.24 bits per heavy atom. The molecule has 2 rings (SSSR count). The number of aryl methyl sites for hydroxylation is 1. The molecular weight excluding hydrogens is 262 g/mol. The molecule has 0 radical (unpaired) electrons. The lowest BCUT2D eigenvalue weighted by Gasteiger charge is -2.23. The van der Waals surface area contributed by atoms with Crippen LogP contribution in [0, 0.1) is 12.3 Å². The highest BCUT2D eigenvalue weighted by Gasteiger charge is 2.20. The van der Waals surface area contributed by atoms with E-state index in [2.05, 4.69) is 37.9 Å². The molecule has 0 aliphatic rings. The van der Waals surface area contributed by atoms with Gasteiger partial charge in [-0.05, 0) is 36.1 Å². The fourth-order valence-electron chi connectivity index (χ4n) is 2.11. The van der Waals surface area contributed by atoms with Crippen LogP contribution in [0.25, 0.3) is 0 Å². The van der Waals surface area contributed by atoms with Crippen molar-refractivity contribution in [2.75, 3.05) is 0 Å². The summed E-state index contributed by atoms with van der Waals surface area (Å²) in [6.07, 6.45) is 1.63. The average molecular weight is 283 g/mol. The topological polar surface area (TPSA) is 72.0 Å². The van der Waals surface area contributed by atoms with E-state index < -0.39 is 0 Å². The number of hydrogen-bond donors (Lipinski definition) is 2. The Kier molecular flexibility index (Phi) is 3.98. The summed E-state index contributed by atoms with van der Waals surface area (Å²) in [6.45, 7) is 8.42. The average Bonchev–Trinajstić information content (AvgIpc) is 2.37. The number of nitrogens with zero attached hydrogens (tertiary/aromatic N) is 1. The van der Waals surface area contributed by atoms with Gasteiger partial charge in [0.05, 0.1) is 5.56 Å². The molecule has 0 spiro atoms. The van der Waals surface area contributed by atoms with E-state index in [-0.39, 0.29) is 11.3 Å². The number of nitrogens with one attached hydrogen (secondary N) is 1. The fourth-order valence-corrected chi connectivity index (χ4v) is 2.11. The minimum atomic E-state index is -0.0527. The maximum absolute atomic E-state index is 7.62. The number of amidine groups is 1. The third-order valence-electron chi connectivity index (χ3n) is 3.21. The van der Waals surface area contributed by atoms with Gasteiger partial charge in [-0.1, -0.05) is 32.9 Å². The number of ether oxygens (including phenoxy) is 1. The highest BCUT2D eigenvalue weighted by molar-refractivity contribution is 5.97. The molecule has 0 aliphatic carbocycles. The van der Waals surface area contributed by atoms with Gasteiger partial charge in [-0.3, -0.25) is 5.41 Å². The molecule has 2 aromatic rings. The SMILES string of the molecule is Cc1ccc(C(C)(C)C)c(Oc2ncccc2C(=N)N)c1. The molecule has 21 heavy (non-hydrogen) atoms. The van der Waals surface area contributed by atoms with Gasteiger partial charge in [-0.2, -0.15) is 0 Å². The Balaban J connectivity index is 2.49. The van der Waals surface area contributed by atoms with Crippen LogP contribution in [0.4, 0.5) is 0 Å². The first-order valence-corrected chi connectivity index (χ1v) is 6.87. The molecule has 0 unspecified atom stereocenters. The van der Waals surface area contributed by atoms with Gasteiger partial charge in [0.2, 0.25) is 5.88 Å². The van der Waals surface area contributed by atoms with Crippen LogP contribution in [0.2, 0.25) is 0 Å². The molecule has 0 fully saturated rings. The number of nitrogens with two attached hydrogens (primary N) is 1. The first-order chi connectivity index (χ1) is 9.79. The minimum Gasteiger partial charge on any atom is -0.438 e. The van der Waals surface area contributed by atoms with Crippen LogP contribution in [-0.2, 0) is 5.41 Å². The van der Waals surface area contributed by atoms with Crippen molar-refractivity contribution in [3.63, 3.8) is 0 Å². The maximum atomic E-state index is 7.62. The second kappa shape index (κ2) is 5.56. The molecule has 0 bridgehead atoms. The largest absolute Gasteiger partial charge is 0.438 e. The van der Waals surface area contributed by atoms with Crippen LogP contribution in [0.1, 0.15) is 37.5 Å². The molecule has 110 valence electrons. The van der Waals surface area contributed by atoms with Gasteiger partial charge in [0, 0.05) is 11.8 Å². The van der Waals surface area contributed by atoms with E-state index in [1.165, 1.54) is 0 Å². The number of pyridine rings is 1. The van der Waals surface area contributed by atoms with Gasteiger partial charge in [0.15, 0.2) is 0 Å². The fraction of sp³-hybridized carbons (Fsp3) is 0.294. The minimum absolute atomic E-state index is 0.0474. The van der Waals surface area contributed by atoms with Crippen molar-refractivity contribution in [1.29, 1.82) is 5.41 Å². The normalized spacial score (nSPS) is 11.2. The number of aromatic nitrogens is 1. The van der Waals surface area contributed by atoms with E-state index in [9.17, 15) is 0 Å². The molecule has 4 nitrogen and oxygen atoms in total. The van der Waals surface area contributed by atoms with Crippen LogP contribution >= 0.6 is 0 Å². The van der Waals surface area contributed by atoms with Gasteiger partial charge in [-0.15, -0.1) is 0 Å². The lowest BCUT2D eigenvalue weighted by molar-refractivity contribution is 0.438. The Labute approximate surface area is 125 Å². The summed E-state index contributed by atoms with van der Waals surface area (Å²) in [5.74, 6) is 1.06. The van der Waals surface area contributed by atoms with Crippen molar-refractivity contribution in [3.05, 3.63) is 53.2 Å². The predicted molar refractivity (Wildman–Crippen MR) is 85.2 cm³/mol. The van der Waals surface area contributed by atoms with Gasteiger partial charge in [0.25, 0.3) is 0 Å². The Morgan fingerprint density at radius 2 is 1.95 bits per heavy atom. The van der Waals surface area contributed by atoms with Crippen molar-refractivity contribution >= 4 is 5.84 Å². The highest BCUT2D eigenvalue weighted by atomic mass is 16.5. The van der Waals surface area contributed by atoms with Crippen molar-refractivity contribution in [2.45, 2.75) is 33.1 Å². The van der Waals surface area contributed by atoms with Crippen LogP contribution in [0.5, 0.6) is 11.6 Å². The maximum Gasteiger partial charge on any atom is 0.230 e. The van der Waals surface area contributed by atoms with E-state index in [1.54, 1.807) is 18.3 Å². The van der Waals surface area contributed by atoms with Crippen LogP contribution in [-0.4, -0.2) is 10.8 Å². The van der Waals surface area contributed by atoms with Crippen LogP contribution in [0.3, 0.4) is 0 Å². The summed E-state index contributed by atoms with van der Waals surface area (Å²) in [7, 11) is 0. The van der Waals surface area contributed by atoms with Crippen molar-refractivity contribution in [2.24, 2.45) is 5.73 Å². The molecule has 1 aromatic heterocycles. The number of hydrogen-bond acceptors (Lipinski definition) is 3. The van der Waals surface area contributed by atoms with Gasteiger partial charge in [-0.25, -0.2) is 4.98 Å². The molecular formula is C17H21N3O. The molecule has 0 saturated carbocycles. The van der Waals surface area contributed by atoms with Crippen molar-refractivity contribution in [3.8, 4) is 11.6 Å². The van der Waals surface area contributed by atoms with E-state index >= 15 is 0 Å². The van der Waals surface area contributed by atoms with Crippen molar-refractivity contribution in [1.82, 2.24) is 4.98 Å². The smallest absolute Gasteiger partial charge is 0.230 e. The third-order valence-corrected chi connectivity index (χ3v) is 3.21. The highest BCUT2D eigenvalue weighted by Crippen LogP contribution is 2.35. The number of rotatable bonds is 3. The molecule has 0 aliphatic heterocycles. The Morgan fingerprint density at radius 3 is 2.57 bits per heavy atom. The molecule has 1 aromatic carbocycles. The zero-order valence-electron chi connectivity index (χ0n) is 12.9. The lowest BCUT2D eigenvalue weighted by Crippen LogP contribution is -2.15. The first kappa shape index (κ1) is 15.0. The standard InChI is InChI=1S/C17H21N3O/c1-11-7-8-13(17(2,3)4)14(10-11)21-16-12(15(18)19)6-5-9-20-16/h5-10H,1-4H3,(H3,18,19). The summed E-state index contributed by atoms with van der Waals surface area (Å²) in [6, 6.07) is 9.60. The van der Waals surface area contributed by atoms with E-state index in [0.29, 0.717) is 11.4 Å². The van der Waals surface area contributed by atoms with Crippen molar-refractivity contribution < 1.29 is 4.74 Å². The molecule has 3 N–H and O–H groups in total. The lowest BCUT2D eigenvalue weighted by atomic mass is 9.86. The van der Waals surface area contributed by atoms with Crippen LogP contribution in [0.15, 0.2) is 36.5 Å². The van der Waals surface area contributed by atoms with Gasteiger partial charge < -0.3 is 10.5 Å². The second-order valence-electron chi connectivity index (χ2n) is 6.12. The summed E-state index contributed by atoms with van der Waals surface area (Å²) < 4.78 is 5.98. The summed E-state index contributed by atoms with van der Waals surface area (Å²) in [4.78, 5) is 4.21. The first-order valence-electron chi connectivity index (χ1n) is 6.87. The van der Waals surface area contributed by atoms with Crippen LogP contribution < -0.4 is 10.5 Å². The predicted octanol–water partition coefficient (Wildman–Crippen LogP) is 3.76.